The molecule has 2 aromatic carbocycles. The van der Waals surface area contributed by atoms with E-state index in [1.807, 2.05) is 0 Å². The second kappa shape index (κ2) is 8.82. The zero-order valence-corrected chi connectivity index (χ0v) is 20.1. The molecule has 4 amide bonds. The highest BCUT2D eigenvalue weighted by Gasteiger charge is 2.54. The zero-order valence-electron chi connectivity index (χ0n) is 19.3. The molecule has 2 aliphatic rings. The van der Waals surface area contributed by atoms with Crippen LogP contribution < -0.4 is 10.6 Å². The summed E-state index contributed by atoms with van der Waals surface area (Å²) in [4.78, 5) is 51.6. The molecule has 178 valence electrons. The number of hydrogen-bond donors (Lipinski definition) is 2. The van der Waals surface area contributed by atoms with Crippen LogP contribution in [0, 0.1) is 0 Å². The van der Waals surface area contributed by atoms with E-state index in [0.717, 1.165) is 12.1 Å². The summed E-state index contributed by atoms with van der Waals surface area (Å²) in [5, 5.41) is 4.87. The van der Waals surface area contributed by atoms with Gasteiger partial charge in [0.05, 0.1) is 5.44 Å². The minimum absolute atomic E-state index is 0.117. The maximum absolute atomic E-state index is 14.5. The van der Waals surface area contributed by atoms with E-state index in [1.54, 1.807) is 41.7 Å². The number of carbonyl (C=O) groups is 4. The standard InChI is InChI=1S/C22H21B3ClF2N3O4/c23-15-16(24)21(25,19(34)30-17(15)32)31-9-11-7-10(1-6-14(11)18(31)33)8-29-20(35)22(27,28)12-2-4-13(26)5-3-12/h1-7,15-16H,8-9,23-25H2,(H,29,35)(H,30,32,34)/t15?,16?,21-/m0/s1. The summed E-state index contributed by atoms with van der Waals surface area (Å²) in [6.07, 6.45) is 0. The molecule has 35 heavy (non-hydrogen) atoms. The Morgan fingerprint density at radius 1 is 1.17 bits per heavy atom. The van der Waals surface area contributed by atoms with Gasteiger partial charge in [-0.25, -0.2) is 0 Å². The van der Waals surface area contributed by atoms with Gasteiger partial charge in [0.1, 0.15) is 23.5 Å². The third kappa shape index (κ3) is 4.13. The quantitative estimate of drug-likeness (QED) is 0.432. The third-order valence-corrected chi connectivity index (χ3v) is 7.48. The van der Waals surface area contributed by atoms with Gasteiger partial charge < -0.3 is 10.2 Å². The average Bonchev–Trinajstić information content (AvgIpc) is 3.16. The number of amides is 4. The normalized spacial score (nSPS) is 24.2. The number of nitrogens with zero attached hydrogens (tertiary/aromatic N) is 1. The molecule has 2 N–H and O–H groups in total. The van der Waals surface area contributed by atoms with Crippen LogP contribution in [0.15, 0.2) is 42.5 Å². The Balaban J connectivity index is 1.50. The van der Waals surface area contributed by atoms with Gasteiger partial charge in [0, 0.05) is 35.1 Å². The summed E-state index contributed by atoms with van der Waals surface area (Å²) in [6.45, 7) is -0.0603. The molecule has 0 bridgehead atoms. The number of benzene rings is 2. The topological polar surface area (TPSA) is 95.6 Å². The van der Waals surface area contributed by atoms with E-state index >= 15 is 0 Å². The Morgan fingerprint density at radius 3 is 2.49 bits per heavy atom. The zero-order chi connectivity index (χ0) is 25.7. The number of rotatable bonds is 5. The smallest absolute Gasteiger partial charge is 0.346 e. The number of imide groups is 1. The molecule has 0 saturated carbocycles. The van der Waals surface area contributed by atoms with Crippen LogP contribution in [0.3, 0.4) is 0 Å². The number of fused-ring (bicyclic) bond motifs is 1. The molecule has 2 aromatic rings. The molecule has 0 radical (unpaired) electrons. The summed E-state index contributed by atoms with van der Waals surface area (Å²) in [7, 11) is 5.11. The first kappa shape index (κ1) is 25.0. The van der Waals surface area contributed by atoms with E-state index in [-0.39, 0.29) is 29.9 Å². The molecule has 4 rings (SSSR count). The molecule has 2 heterocycles. The number of alkyl halides is 2. The molecular formula is C22H21B3ClF2N3O4. The Bertz CT molecular complexity index is 1250. The molecular weight excluding hydrogens is 476 g/mol. The van der Waals surface area contributed by atoms with E-state index in [1.165, 1.54) is 17.0 Å². The maximum Gasteiger partial charge on any atom is 0.349 e. The van der Waals surface area contributed by atoms with Gasteiger partial charge in [0.15, 0.2) is 0 Å². The number of hydrogen-bond acceptors (Lipinski definition) is 4. The summed E-state index contributed by atoms with van der Waals surface area (Å²) < 4.78 is 29.0. The first-order chi connectivity index (χ1) is 16.4. The van der Waals surface area contributed by atoms with E-state index in [9.17, 15) is 28.0 Å². The van der Waals surface area contributed by atoms with Crippen LogP contribution in [-0.4, -0.2) is 57.5 Å². The summed E-state index contributed by atoms with van der Waals surface area (Å²) in [5.41, 5.74) is -0.198. The minimum Gasteiger partial charge on any atom is -0.346 e. The highest BCUT2D eigenvalue weighted by Crippen LogP contribution is 2.41. The van der Waals surface area contributed by atoms with Gasteiger partial charge in [-0.15, -0.1) is 0 Å². The number of piperidine rings is 1. The SMILES string of the molecule is BC1C(=O)NC(=O)[C@@](B)(N2Cc3cc(CNC(=O)C(F)(F)c4ccc(Cl)cc4)ccc3C2=O)C1B. The van der Waals surface area contributed by atoms with Gasteiger partial charge in [0.2, 0.25) is 11.8 Å². The van der Waals surface area contributed by atoms with Gasteiger partial charge >= 0.3 is 5.92 Å². The van der Waals surface area contributed by atoms with Crippen LogP contribution in [-0.2, 0) is 33.4 Å². The molecule has 2 aliphatic heterocycles. The van der Waals surface area contributed by atoms with Crippen LogP contribution in [0.25, 0.3) is 0 Å². The van der Waals surface area contributed by atoms with Crippen molar-refractivity contribution in [2.75, 3.05) is 0 Å². The van der Waals surface area contributed by atoms with E-state index in [2.05, 4.69) is 10.6 Å². The van der Waals surface area contributed by atoms with Crippen LogP contribution in [0.5, 0.6) is 0 Å². The predicted octanol–water partition coefficient (Wildman–Crippen LogP) is -0.467. The van der Waals surface area contributed by atoms with E-state index in [0.29, 0.717) is 16.7 Å². The second-order valence-electron chi connectivity index (χ2n) is 9.19. The first-order valence-electron chi connectivity index (χ1n) is 11.1. The molecule has 0 aromatic heterocycles. The minimum atomic E-state index is -3.75. The highest BCUT2D eigenvalue weighted by molar-refractivity contribution is 6.43. The lowest BCUT2D eigenvalue weighted by Gasteiger charge is -2.47. The van der Waals surface area contributed by atoms with Crippen molar-refractivity contribution in [1.82, 2.24) is 15.5 Å². The Kier molecular flexibility index (Phi) is 6.29. The molecule has 2 unspecified atom stereocenters. The van der Waals surface area contributed by atoms with Gasteiger partial charge in [-0.1, -0.05) is 35.9 Å². The number of halogens is 3. The lowest BCUT2D eigenvalue weighted by atomic mass is 9.48. The van der Waals surface area contributed by atoms with Crippen molar-refractivity contribution in [3.05, 3.63) is 69.7 Å². The van der Waals surface area contributed by atoms with Crippen LogP contribution in [0.1, 0.15) is 27.0 Å². The van der Waals surface area contributed by atoms with Crippen molar-refractivity contribution < 1.29 is 28.0 Å². The van der Waals surface area contributed by atoms with Crippen molar-refractivity contribution in [3.8, 4) is 0 Å². The number of nitrogens with one attached hydrogen (secondary N) is 2. The van der Waals surface area contributed by atoms with E-state index < -0.39 is 40.4 Å². The summed E-state index contributed by atoms with van der Waals surface area (Å²) >= 11 is 5.73. The molecule has 3 atom stereocenters. The van der Waals surface area contributed by atoms with Gasteiger partial charge in [-0.2, -0.15) is 8.78 Å². The molecule has 0 aliphatic carbocycles. The maximum atomic E-state index is 14.5. The van der Waals surface area contributed by atoms with Crippen molar-refractivity contribution in [2.24, 2.45) is 0 Å². The van der Waals surface area contributed by atoms with Crippen LogP contribution >= 0.6 is 11.6 Å². The molecule has 13 heteroatoms. The highest BCUT2D eigenvalue weighted by atomic mass is 35.5. The molecule has 7 nitrogen and oxygen atoms in total. The third-order valence-electron chi connectivity index (χ3n) is 7.23. The Labute approximate surface area is 208 Å². The van der Waals surface area contributed by atoms with Crippen molar-refractivity contribution >= 4 is 58.8 Å². The monoisotopic (exact) mass is 497 g/mol. The van der Waals surface area contributed by atoms with Crippen LogP contribution in [0.4, 0.5) is 8.78 Å². The fourth-order valence-electron chi connectivity index (χ4n) is 4.58. The van der Waals surface area contributed by atoms with Crippen molar-refractivity contribution in [1.29, 1.82) is 0 Å². The molecule has 1 fully saturated rings. The summed E-state index contributed by atoms with van der Waals surface area (Å²) in [6, 6.07) is 9.53. The van der Waals surface area contributed by atoms with Gasteiger partial charge in [0.25, 0.3) is 11.8 Å². The number of carbonyl (C=O) groups excluding carboxylic acids is 4. The molecule has 0 spiro atoms. The lowest BCUT2D eigenvalue weighted by Crippen LogP contribution is -2.67. The van der Waals surface area contributed by atoms with Gasteiger partial charge in [-0.05, 0) is 35.1 Å². The van der Waals surface area contributed by atoms with Crippen molar-refractivity contribution in [2.45, 2.75) is 36.1 Å². The fourth-order valence-corrected chi connectivity index (χ4v) is 4.71. The van der Waals surface area contributed by atoms with E-state index in [4.69, 9.17) is 11.6 Å². The Morgan fingerprint density at radius 2 is 1.83 bits per heavy atom. The van der Waals surface area contributed by atoms with Gasteiger partial charge in [-0.3, -0.25) is 24.5 Å². The lowest BCUT2D eigenvalue weighted by molar-refractivity contribution is -0.147. The Hall–Kier alpha value is -3.14. The second-order valence-corrected chi connectivity index (χ2v) is 9.63. The predicted molar refractivity (Wildman–Crippen MR) is 133 cm³/mol. The largest absolute Gasteiger partial charge is 0.349 e. The average molecular weight is 497 g/mol. The molecule has 1 saturated heterocycles. The summed E-state index contributed by atoms with van der Waals surface area (Å²) in [5.74, 6) is -7.36. The first-order valence-corrected chi connectivity index (χ1v) is 11.5. The van der Waals surface area contributed by atoms with Crippen molar-refractivity contribution in [3.63, 3.8) is 0 Å². The van der Waals surface area contributed by atoms with Crippen LogP contribution in [0.2, 0.25) is 16.7 Å². The fraction of sp³-hybridized carbons (Fsp3) is 0.273.